The minimum Gasteiger partial charge on any atom is -0.442 e. The fraction of sp³-hybridized carbons (Fsp3) is 0.409. The summed E-state index contributed by atoms with van der Waals surface area (Å²) in [6.07, 6.45) is -1.35. The predicted molar refractivity (Wildman–Crippen MR) is 121 cm³/mol. The van der Waals surface area contributed by atoms with Gasteiger partial charge in [-0.3, -0.25) is 9.80 Å². The molecule has 1 amide bonds. The Morgan fingerprint density at radius 2 is 1.64 bits per heavy atom. The van der Waals surface area contributed by atoms with Crippen LogP contribution in [0.25, 0.3) is 0 Å². The van der Waals surface area contributed by atoms with Crippen LogP contribution in [0.5, 0.6) is 0 Å². The third-order valence-corrected chi connectivity index (χ3v) is 8.07. The number of nitrogens with zero attached hydrogens (tertiary/aromatic N) is 3. The summed E-state index contributed by atoms with van der Waals surface area (Å²) in [5, 5.41) is 0.483. The van der Waals surface area contributed by atoms with Gasteiger partial charge in [0.05, 0.1) is 5.75 Å². The number of ether oxygens (including phenoxy) is 1. The molecular formula is C22H24ClF2N3O4S. The Morgan fingerprint density at radius 1 is 1.03 bits per heavy atom. The first-order valence-corrected chi connectivity index (χ1v) is 12.6. The van der Waals surface area contributed by atoms with Gasteiger partial charge >= 0.3 is 6.09 Å². The number of amides is 1. The van der Waals surface area contributed by atoms with Gasteiger partial charge in [0, 0.05) is 49.5 Å². The lowest BCUT2D eigenvalue weighted by Crippen LogP contribution is -2.51. The molecule has 0 saturated carbocycles. The van der Waals surface area contributed by atoms with Crippen LogP contribution in [0.4, 0.5) is 19.3 Å². The maximum atomic E-state index is 14.1. The zero-order valence-electron chi connectivity index (χ0n) is 18.0. The Hall–Kier alpha value is -2.27. The number of cyclic esters (lactones) is 1. The summed E-state index contributed by atoms with van der Waals surface area (Å²) in [5.74, 6) is -1.47. The van der Waals surface area contributed by atoms with E-state index in [1.54, 1.807) is 31.2 Å². The number of rotatable bonds is 6. The third kappa shape index (κ3) is 5.13. The summed E-state index contributed by atoms with van der Waals surface area (Å²) in [4.78, 5) is 16.2. The molecule has 4 rings (SSSR count). The molecule has 2 aromatic carbocycles. The van der Waals surface area contributed by atoms with Crippen LogP contribution in [0.3, 0.4) is 0 Å². The number of hydrogen-bond donors (Lipinski definition) is 0. The van der Waals surface area contributed by atoms with Crippen LogP contribution in [0.2, 0.25) is 5.02 Å². The van der Waals surface area contributed by atoms with E-state index in [0.29, 0.717) is 43.4 Å². The molecule has 2 saturated heterocycles. The number of piperazine rings is 1. The van der Waals surface area contributed by atoms with Crippen molar-refractivity contribution >= 4 is 33.4 Å². The van der Waals surface area contributed by atoms with Crippen LogP contribution in [-0.4, -0.2) is 68.3 Å². The van der Waals surface area contributed by atoms with Crippen molar-refractivity contribution in [1.29, 1.82) is 0 Å². The largest absolute Gasteiger partial charge is 0.442 e. The normalized spacial score (nSPS) is 22.5. The van der Waals surface area contributed by atoms with E-state index < -0.39 is 39.9 Å². The highest BCUT2D eigenvalue weighted by Gasteiger charge is 2.45. The molecule has 0 radical (unpaired) electrons. The molecular weight excluding hydrogens is 476 g/mol. The first-order chi connectivity index (χ1) is 15.7. The Kier molecular flexibility index (Phi) is 6.90. The summed E-state index contributed by atoms with van der Waals surface area (Å²) < 4.78 is 59.5. The molecule has 178 valence electrons. The minimum absolute atomic E-state index is 0.0382. The molecule has 2 atom stereocenters. The van der Waals surface area contributed by atoms with E-state index in [-0.39, 0.29) is 11.3 Å². The fourth-order valence-corrected chi connectivity index (χ4v) is 5.48. The second kappa shape index (κ2) is 9.54. The average Bonchev–Trinajstić information content (AvgIpc) is 3.09. The number of carbonyl (C=O) groups excluding carboxylic acids is 1. The Labute approximate surface area is 196 Å². The maximum Gasteiger partial charge on any atom is 0.415 e. The summed E-state index contributed by atoms with van der Waals surface area (Å²) in [6, 6.07) is 8.90. The summed E-state index contributed by atoms with van der Waals surface area (Å²) in [7, 11) is -3.27. The van der Waals surface area contributed by atoms with Crippen LogP contribution in [0.15, 0.2) is 42.5 Å². The highest BCUT2D eigenvalue weighted by atomic mass is 35.5. The van der Waals surface area contributed by atoms with Crippen molar-refractivity contribution in [3.63, 3.8) is 0 Å². The first-order valence-electron chi connectivity index (χ1n) is 10.6. The Balaban J connectivity index is 1.60. The van der Waals surface area contributed by atoms with E-state index in [1.807, 2.05) is 4.90 Å². The molecule has 2 fully saturated rings. The molecule has 0 aromatic heterocycles. The van der Waals surface area contributed by atoms with Crippen LogP contribution >= 0.6 is 11.6 Å². The van der Waals surface area contributed by atoms with Gasteiger partial charge in [0.15, 0.2) is 0 Å². The predicted octanol–water partition coefficient (Wildman–Crippen LogP) is 3.65. The molecule has 0 N–H and O–H groups in total. The summed E-state index contributed by atoms with van der Waals surface area (Å²) in [6.45, 7) is 3.47. The molecule has 0 bridgehead atoms. The number of hydrogen-bond acceptors (Lipinski definition) is 5. The quantitative estimate of drug-likeness (QED) is 0.607. The van der Waals surface area contributed by atoms with Crippen molar-refractivity contribution in [2.75, 3.05) is 43.4 Å². The van der Waals surface area contributed by atoms with E-state index in [0.717, 1.165) is 6.07 Å². The zero-order chi connectivity index (χ0) is 23.8. The average molecular weight is 500 g/mol. The van der Waals surface area contributed by atoms with Gasteiger partial charge in [0.1, 0.15) is 23.8 Å². The number of halogens is 3. The van der Waals surface area contributed by atoms with Gasteiger partial charge in [-0.2, -0.15) is 4.31 Å². The van der Waals surface area contributed by atoms with Crippen LogP contribution in [0, 0.1) is 11.6 Å². The van der Waals surface area contributed by atoms with Crippen molar-refractivity contribution in [1.82, 2.24) is 9.21 Å². The SMILES string of the molecule is CCS(=O)(=O)N1CCN(C[C@@H]2OC(=O)N(c3ccc(Cl)cc3)[C@H]2c2cc(F)cc(F)c2)CC1. The van der Waals surface area contributed by atoms with Gasteiger partial charge in [-0.15, -0.1) is 0 Å². The van der Waals surface area contributed by atoms with Gasteiger partial charge in [0.25, 0.3) is 0 Å². The van der Waals surface area contributed by atoms with Gasteiger partial charge in [-0.05, 0) is 48.9 Å². The highest BCUT2D eigenvalue weighted by Crippen LogP contribution is 2.38. The minimum atomic E-state index is -3.27. The summed E-state index contributed by atoms with van der Waals surface area (Å²) in [5.41, 5.74) is 0.755. The van der Waals surface area contributed by atoms with Crippen molar-refractivity contribution < 1.29 is 26.7 Å². The lowest BCUT2D eigenvalue weighted by molar-refractivity contribution is 0.0824. The number of sulfonamides is 1. The molecule has 0 spiro atoms. The molecule has 33 heavy (non-hydrogen) atoms. The molecule has 7 nitrogen and oxygen atoms in total. The summed E-state index contributed by atoms with van der Waals surface area (Å²) >= 11 is 5.97. The number of carbonyl (C=O) groups is 1. The lowest BCUT2D eigenvalue weighted by Gasteiger charge is -2.35. The topological polar surface area (TPSA) is 70.2 Å². The van der Waals surface area contributed by atoms with E-state index in [1.165, 1.54) is 21.3 Å². The maximum absolute atomic E-state index is 14.1. The Bertz CT molecular complexity index is 1100. The molecule has 11 heteroatoms. The van der Waals surface area contributed by atoms with E-state index >= 15 is 0 Å². The van der Waals surface area contributed by atoms with Crippen molar-refractivity contribution in [2.24, 2.45) is 0 Å². The first kappa shape index (κ1) is 23.9. The van der Waals surface area contributed by atoms with Crippen LogP contribution in [-0.2, 0) is 14.8 Å². The highest BCUT2D eigenvalue weighted by molar-refractivity contribution is 7.89. The van der Waals surface area contributed by atoms with Crippen LogP contribution < -0.4 is 4.90 Å². The van der Waals surface area contributed by atoms with Crippen LogP contribution in [0.1, 0.15) is 18.5 Å². The lowest BCUT2D eigenvalue weighted by atomic mass is 9.99. The van der Waals surface area contributed by atoms with E-state index in [9.17, 15) is 22.0 Å². The smallest absolute Gasteiger partial charge is 0.415 e. The monoisotopic (exact) mass is 499 g/mol. The van der Waals surface area contributed by atoms with E-state index in [2.05, 4.69) is 0 Å². The molecule has 2 aromatic rings. The fourth-order valence-electron chi connectivity index (χ4n) is 4.27. The molecule has 2 heterocycles. The van der Waals surface area contributed by atoms with Crippen molar-refractivity contribution in [3.8, 4) is 0 Å². The number of anilines is 1. The van der Waals surface area contributed by atoms with Gasteiger partial charge in [0.2, 0.25) is 10.0 Å². The second-order valence-corrected chi connectivity index (χ2v) is 10.7. The van der Waals surface area contributed by atoms with E-state index in [4.69, 9.17) is 16.3 Å². The third-order valence-electron chi connectivity index (χ3n) is 5.94. The second-order valence-electron chi connectivity index (χ2n) is 8.02. The molecule has 2 aliphatic rings. The van der Waals surface area contributed by atoms with Gasteiger partial charge in [-0.1, -0.05) is 11.6 Å². The van der Waals surface area contributed by atoms with Crippen molar-refractivity contribution in [3.05, 3.63) is 64.7 Å². The van der Waals surface area contributed by atoms with Crippen molar-refractivity contribution in [2.45, 2.75) is 19.1 Å². The molecule has 0 unspecified atom stereocenters. The van der Waals surface area contributed by atoms with Gasteiger partial charge < -0.3 is 4.74 Å². The van der Waals surface area contributed by atoms with Gasteiger partial charge in [-0.25, -0.2) is 22.0 Å². The molecule has 2 aliphatic heterocycles. The molecule has 0 aliphatic carbocycles. The standard InChI is InChI=1S/C22H24ClF2N3O4S/c1-2-33(30,31)27-9-7-26(8-10-27)14-20-21(15-11-17(24)13-18(25)12-15)28(22(29)32-20)19-5-3-16(23)4-6-19/h3-6,11-13,20-21H,2,7-10,14H2,1H3/t20-,21-/m0/s1. The Morgan fingerprint density at radius 3 is 2.21 bits per heavy atom. The number of benzene rings is 2. The zero-order valence-corrected chi connectivity index (χ0v) is 19.5.